The van der Waals surface area contributed by atoms with Gasteiger partial charge in [-0.1, -0.05) is 29.8 Å². The first-order valence-electron chi connectivity index (χ1n) is 6.52. The van der Waals surface area contributed by atoms with E-state index in [2.05, 4.69) is 70.0 Å². The summed E-state index contributed by atoms with van der Waals surface area (Å²) in [6, 6.07) is 6.30. The van der Waals surface area contributed by atoms with Crippen LogP contribution in [0.3, 0.4) is 0 Å². The predicted molar refractivity (Wildman–Crippen MR) is 82.9 cm³/mol. The van der Waals surface area contributed by atoms with Crippen LogP contribution in [0.4, 0.5) is 0 Å². The lowest BCUT2D eigenvalue weighted by Gasteiger charge is -2.14. The fraction of sp³-hybridized carbons (Fsp3) is 0.400. The Morgan fingerprint density at radius 2 is 2.11 bits per heavy atom. The van der Waals surface area contributed by atoms with Gasteiger partial charge >= 0.3 is 0 Å². The molecule has 0 aliphatic heterocycles. The number of halogens is 1. The molecule has 0 saturated carbocycles. The van der Waals surface area contributed by atoms with Crippen molar-refractivity contribution in [2.45, 2.75) is 33.2 Å². The maximum absolute atomic E-state index is 4.58. The van der Waals surface area contributed by atoms with Crippen LogP contribution in [0.1, 0.15) is 36.6 Å². The van der Waals surface area contributed by atoms with Gasteiger partial charge in [-0.2, -0.15) is 5.10 Å². The van der Waals surface area contributed by atoms with E-state index in [0.717, 1.165) is 16.7 Å². The van der Waals surface area contributed by atoms with Crippen LogP contribution in [0, 0.1) is 6.92 Å². The van der Waals surface area contributed by atoms with Crippen LogP contribution >= 0.6 is 15.9 Å². The van der Waals surface area contributed by atoms with E-state index in [9.17, 15) is 0 Å². The lowest BCUT2D eigenvalue weighted by molar-refractivity contribution is 0.711. The van der Waals surface area contributed by atoms with Gasteiger partial charge in [-0.3, -0.25) is 0 Å². The van der Waals surface area contributed by atoms with E-state index < -0.39 is 0 Å². The molecule has 0 unspecified atom stereocenters. The molecule has 2 rings (SSSR count). The second-order valence-corrected chi connectivity index (χ2v) is 6.00. The fourth-order valence-corrected chi connectivity index (χ4v) is 2.86. The Morgan fingerprint density at radius 3 is 2.68 bits per heavy atom. The van der Waals surface area contributed by atoms with Crippen molar-refractivity contribution in [2.24, 2.45) is 0 Å². The minimum Gasteiger partial charge on any atom is -0.316 e. The van der Waals surface area contributed by atoms with E-state index in [0.29, 0.717) is 5.92 Å². The van der Waals surface area contributed by atoms with Crippen LogP contribution < -0.4 is 5.32 Å². The molecule has 0 saturated heterocycles. The number of benzene rings is 1. The third-order valence-electron chi connectivity index (χ3n) is 3.19. The summed E-state index contributed by atoms with van der Waals surface area (Å²) in [5.74, 6) is 0.439. The zero-order valence-corrected chi connectivity index (χ0v) is 13.5. The van der Waals surface area contributed by atoms with Crippen LogP contribution in [0.15, 0.2) is 28.9 Å². The highest BCUT2D eigenvalue weighted by molar-refractivity contribution is 9.10. The zero-order chi connectivity index (χ0) is 14.0. The summed E-state index contributed by atoms with van der Waals surface area (Å²) in [7, 11) is 1.96. The Hall–Kier alpha value is -1.13. The van der Waals surface area contributed by atoms with Crippen molar-refractivity contribution in [1.29, 1.82) is 0 Å². The summed E-state index contributed by atoms with van der Waals surface area (Å²) in [4.78, 5) is 0. The summed E-state index contributed by atoms with van der Waals surface area (Å²) in [6.07, 6.45) is 1.97. The van der Waals surface area contributed by atoms with Gasteiger partial charge in [0.2, 0.25) is 0 Å². The van der Waals surface area contributed by atoms with Crippen molar-refractivity contribution in [3.05, 3.63) is 45.7 Å². The molecule has 1 aromatic carbocycles. The van der Waals surface area contributed by atoms with Crippen molar-refractivity contribution in [3.63, 3.8) is 0 Å². The highest BCUT2D eigenvalue weighted by atomic mass is 79.9. The third-order valence-corrected chi connectivity index (χ3v) is 3.68. The Morgan fingerprint density at radius 1 is 1.37 bits per heavy atom. The van der Waals surface area contributed by atoms with Gasteiger partial charge in [-0.25, -0.2) is 4.68 Å². The Labute approximate surface area is 123 Å². The largest absolute Gasteiger partial charge is 0.316 e. The van der Waals surface area contributed by atoms with E-state index in [-0.39, 0.29) is 0 Å². The van der Waals surface area contributed by atoms with E-state index in [1.807, 2.05) is 13.2 Å². The molecule has 1 aromatic heterocycles. The first-order chi connectivity index (χ1) is 9.04. The molecule has 0 fully saturated rings. The van der Waals surface area contributed by atoms with Gasteiger partial charge in [-0.05, 0) is 43.7 Å². The van der Waals surface area contributed by atoms with Crippen LogP contribution in [-0.2, 0) is 6.54 Å². The van der Waals surface area contributed by atoms with Gasteiger partial charge in [0, 0.05) is 16.6 Å². The molecular weight excluding hydrogens is 302 g/mol. The van der Waals surface area contributed by atoms with Crippen LogP contribution in [0.2, 0.25) is 0 Å². The highest BCUT2D eigenvalue weighted by Gasteiger charge is 2.16. The maximum Gasteiger partial charge on any atom is 0.0678 e. The van der Waals surface area contributed by atoms with E-state index >= 15 is 0 Å². The number of aromatic nitrogens is 2. The first-order valence-corrected chi connectivity index (χ1v) is 7.31. The number of nitrogens with one attached hydrogen (secondary N) is 1. The Balaban J connectivity index is 2.55. The van der Waals surface area contributed by atoms with Crippen molar-refractivity contribution >= 4 is 15.9 Å². The Kier molecular flexibility index (Phi) is 4.42. The minimum atomic E-state index is 0.439. The van der Waals surface area contributed by atoms with Gasteiger partial charge in [0.15, 0.2) is 0 Å². The standard InChI is InChI=1S/C15H20BrN3/c1-10(2)15-12(8-17-4)9-18-19(15)14-6-5-13(16)7-11(14)3/h5-7,9-10,17H,8H2,1-4H3. The Bertz CT molecular complexity index is 573. The number of rotatable bonds is 4. The molecule has 2 aromatic rings. The molecule has 0 bridgehead atoms. The van der Waals surface area contributed by atoms with Crippen molar-refractivity contribution in [1.82, 2.24) is 15.1 Å². The number of hydrogen-bond donors (Lipinski definition) is 1. The number of hydrogen-bond acceptors (Lipinski definition) is 2. The molecular formula is C15H20BrN3. The van der Waals surface area contributed by atoms with Gasteiger partial charge in [-0.15, -0.1) is 0 Å². The number of aryl methyl sites for hydroxylation is 1. The van der Waals surface area contributed by atoms with E-state index in [4.69, 9.17) is 0 Å². The molecule has 0 amide bonds. The molecule has 0 atom stereocenters. The topological polar surface area (TPSA) is 29.9 Å². The van der Waals surface area contributed by atoms with Crippen LogP contribution in [-0.4, -0.2) is 16.8 Å². The van der Waals surface area contributed by atoms with Gasteiger partial charge < -0.3 is 5.32 Å². The summed E-state index contributed by atoms with van der Waals surface area (Å²) >= 11 is 3.51. The number of nitrogens with zero attached hydrogens (tertiary/aromatic N) is 2. The van der Waals surface area contributed by atoms with Crippen LogP contribution in [0.25, 0.3) is 5.69 Å². The second kappa shape index (κ2) is 5.88. The molecule has 19 heavy (non-hydrogen) atoms. The van der Waals surface area contributed by atoms with Gasteiger partial charge in [0.1, 0.15) is 0 Å². The molecule has 102 valence electrons. The average Bonchev–Trinajstić information content (AvgIpc) is 2.73. The molecule has 0 aliphatic carbocycles. The van der Waals surface area contributed by atoms with Crippen molar-refractivity contribution in [3.8, 4) is 5.69 Å². The molecule has 4 heteroatoms. The highest BCUT2D eigenvalue weighted by Crippen LogP contribution is 2.26. The summed E-state index contributed by atoms with van der Waals surface area (Å²) in [5.41, 5.74) is 4.91. The normalized spacial score (nSPS) is 11.3. The monoisotopic (exact) mass is 321 g/mol. The van der Waals surface area contributed by atoms with Gasteiger partial charge in [0.05, 0.1) is 17.6 Å². The van der Waals surface area contributed by atoms with E-state index in [1.165, 1.54) is 16.8 Å². The summed E-state index contributed by atoms with van der Waals surface area (Å²) in [5, 5.41) is 7.79. The second-order valence-electron chi connectivity index (χ2n) is 5.08. The summed E-state index contributed by atoms with van der Waals surface area (Å²) < 4.78 is 3.17. The van der Waals surface area contributed by atoms with E-state index in [1.54, 1.807) is 0 Å². The lowest BCUT2D eigenvalue weighted by atomic mass is 10.1. The maximum atomic E-state index is 4.58. The van der Waals surface area contributed by atoms with Crippen molar-refractivity contribution < 1.29 is 0 Å². The fourth-order valence-electron chi connectivity index (χ4n) is 2.38. The van der Waals surface area contributed by atoms with Gasteiger partial charge in [0.25, 0.3) is 0 Å². The lowest BCUT2D eigenvalue weighted by Crippen LogP contribution is -2.11. The zero-order valence-electron chi connectivity index (χ0n) is 11.9. The SMILES string of the molecule is CNCc1cnn(-c2ccc(Br)cc2C)c1C(C)C. The smallest absolute Gasteiger partial charge is 0.0678 e. The molecule has 0 aliphatic rings. The predicted octanol–water partition coefficient (Wildman–Crippen LogP) is 3.79. The third kappa shape index (κ3) is 2.90. The van der Waals surface area contributed by atoms with Crippen LogP contribution in [0.5, 0.6) is 0 Å². The molecule has 3 nitrogen and oxygen atoms in total. The minimum absolute atomic E-state index is 0.439. The average molecular weight is 322 g/mol. The molecule has 0 spiro atoms. The molecule has 1 N–H and O–H groups in total. The quantitative estimate of drug-likeness (QED) is 0.928. The van der Waals surface area contributed by atoms with Crippen molar-refractivity contribution in [2.75, 3.05) is 7.05 Å². The molecule has 1 heterocycles. The molecule has 0 radical (unpaired) electrons. The first kappa shape index (κ1) is 14.3. The summed E-state index contributed by atoms with van der Waals surface area (Å²) in [6.45, 7) is 7.38.